The van der Waals surface area contributed by atoms with E-state index in [1.54, 1.807) is 27.0 Å². The smallest absolute Gasteiger partial charge is 0.416 e. The van der Waals surface area contributed by atoms with Crippen molar-refractivity contribution in [2.45, 2.75) is 57.9 Å². The fourth-order valence-corrected chi connectivity index (χ4v) is 4.73. The number of nitrogens with zero attached hydrogens (tertiary/aromatic N) is 3. The molecule has 0 bridgehead atoms. The SMILES string of the molecule is CCOC(=O)C(C)(Cc1ccccc1)Oc1ccc(CCCc2nn(Cc3cccc(C(F)(F)F)c3)c(=O)n2C)cc1. The first-order chi connectivity index (χ1) is 20.0. The molecule has 0 spiro atoms. The molecule has 0 N–H and O–H groups in total. The Morgan fingerprint density at radius 1 is 0.905 bits per heavy atom. The average molecular weight is 582 g/mol. The molecule has 0 fully saturated rings. The minimum absolute atomic E-state index is 0.0486. The largest absolute Gasteiger partial charge is 0.476 e. The summed E-state index contributed by atoms with van der Waals surface area (Å²) >= 11 is 0. The molecule has 0 amide bonds. The Labute approximate surface area is 242 Å². The summed E-state index contributed by atoms with van der Waals surface area (Å²) in [6.07, 6.45) is -2.19. The highest BCUT2D eigenvalue weighted by Crippen LogP contribution is 2.29. The van der Waals surface area contributed by atoms with Gasteiger partial charge in [0.05, 0.1) is 18.7 Å². The van der Waals surface area contributed by atoms with E-state index in [1.807, 2.05) is 54.6 Å². The van der Waals surface area contributed by atoms with Crippen molar-refractivity contribution in [3.63, 3.8) is 0 Å². The van der Waals surface area contributed by atoms with E-state index in [4.69, 9.17) is 9.47 Å². The van der Waals surface area contributed by atoms with Gasteiger partial charge in [0, 0.05) is 19.9 Å². The van der Waals surface area contributed by atoms with E-state index < -0.39 is 23.3 Å². The topological polar surface area (TPSA) is 75.3 Å². The fourth-order valence-electron chi connectivity index (χ4n) is 4.73. The summed E-state index contributed by atoms with van der Waals surface area (Å²) in [4.78, 5) is 25.5. The molecule has 42 heavy (non-hydrogen) atoms. The van der Waals surface area contributed by atoms with Gasteiger partial charge in [-0.15, -0.1) is 0 Å². The molecule has 4 rings (SSSR count). The van der Waals surface area contributed by atoms with Gasteiger partial charge in [0.1, 0.15) is 11.6 Å². The Balaban J connectivity index is 1.37. The number of rotatable bonds is 12. The predicted molar refractivity (Wildman–Crippen MR) is 152 cm³/mol. The molecule has 1 atom stereocenters. The highest BCUT2D eigenvalue weighted by Gasteiger charge is 2.37. The van der Waals surface area contributed by atoms with Crippen molar-refractivity contribution in [1.29, 1.82) is 0 Å². The normalized spacial score (nSPS) is 13.0. The van der Waals surface area contributed by atoms with Gasteiger partial charge in [0.2, 0.25) is 5.60 Å². The second-order valence-electron chi connectivity index (χ2n) is 10.3. The summed E-state index contributed by atoms with van der Waals surface area (Å²) in [5.41, 5.74) is -0.00240. The number of aryl methyl sites for hydroxylation is 2. The van der Waals surface area contributed by atoms with Gasteiger partial charge >= 0.3 is 17.8 Å². The maximum absolute atomic E-state index is 13.1. The van der Waals surface area contributed by atoms with E-state index in [1.165, 1.54) is 15.3 Å². The quantitative estimate of drug-likeness (QED) is 0.199. The highest BCUT2D eigenvalue weighted by atomic mass is 19.4. The maximum atomic E-state index is 13.1. The van der Waals surface area contributed by atoms with Gasteiger partial charge in [-0.25, -0.2) is 14.3 Å². The first-order valence-electron chi connectivity index (χ1n) is 13.8. The summed E-state index contributed by atoms with van der Waals surface area (Å²) in [5, 5.41) is 4.37. The molecule has 0 aliphatic carbocycles. The zero-order chi connectivity index (χ0) is 30.3. The van der Waals surface area contributed by atoms with Crippen LogP contribution in [0.3, 0.4) is 0 Å². The second kappa shape index (κ2) is 13.1. The zero-order valence-electron chi connectivity index (χ0n) is 23.9. The van der Waals surface area contributed by atoms with E-state index in [9.17, 15) is 22.8 Å². The Bertz CT molecular complexity index is 1550. The molecule has 222 valence electrons. The molecular weight excluding hydrogens is 547 g/mol. The van der Waals surface area contributed by atoms with Crippen molar-refractivity contribution in [3.05, 3.63) is 117 Å². The minimum atomic E-state index is -4.46. The molecule has 7 nitrogen and oxygen atoms in total. The van der Waals surface area contributed by atoms with Crippen LogP contribution in [0.15, 0.2) is 83.7 Å². The lowest BCUT2D eigenvalue weighted by molar-refractivity contribution is -0.160. The van der Waals surface area contributed by atoms with Crippen LogP contribution in [0.2, 0.25) is 0 Å². The number of ether oxygens (including phenoxy) is 2. The van der Waals surface area contributed by atoms with Gasteiger partial charge < -0.3 is 9.47 Å². The molecule has 4 aromatic rings. The van der Waals surface area contributed by atoms with Crippen molar-refractivity contribution < 1.29 is 27.4 Å². The van der Waals surface area contributed by atoms with Crippen molar-refractivity contribution in [2.75, 3.05) is 6.61 Å². The van der Waals surface area contributed by atoms with Crippen molar-refractivity contribution in [2.24, 2.45) is 7.05 Å². The van der Waals surface area contributed by atoms with Crippen LogP contribution in [-0.4, -0.2) is 32.5 Å². The van der Waals surface area contributed by atoms with Gasteiger partial charge in [-0.3, -0.25) is 4.57 Å². The summed E-state index contributed by atoms with van der Waals surface area (Å²) in [6, 6.07) is 22.0. The molecule has 1 heterocycles. The molecule has 10 heteroatoms. The number of esters is 1. The summed E-state index contributed by atoms with van der Waals surface area (Å²) < 4.78 is 53.2. The van der Waals surface area contributed by atoms with Crippen LogP contribution < -0.4 is 10.4 Å². The first-order valence-corrected chi connectivity index (χ1v) is 13.8. The Kier molecular flexibility index (Phi) is 9.55. The van der Waals surface area contributed by atoms with E-state index in [-0.39, 0.29) is 18.8 Å². The third kappa shape index (κ3) is 7.69. The summed E-state index contributed by atoms with van der Waals surface area (Å²) in [7, 11) is 1.61. The third-order valence-corrected chi connectivity index (χ3v) is 6.94. The number of hydrogen-bond acceptors (Lipinski definition) is 5. The average Bonchev–Trinajstić information content (AvgIpc) is 3.22. The molecular formula is C32H34F3N3O4. The summed E-state index contributed by atoms with van der Waals surface area (Å²) in [6.45, 7) is 3.68. The van der Waals surface area contributed by atoms with Gasteiger partial charge in [0.15, 0.2) is 0 Å². The van der Waals surface area contributed by atoms with Crippen molar-refractivity contribution >= 4 is 5.97 Å². The van der Waals surface area contributed by atoms with Gasteiger partial charge in [0.25, 0.3) is 0 Å². The minimum Gasteiger partial charge on any atom is -0.476 e. The van der Waals surface area contributed by atoms with Gasteiger partial charge in [-0.1, -0.05) is 54.6 Å². The summed E-state index contributed by atoms with van der Waals surface area (Å²) in [5.74, 6) is 0.662. The highest BCUT2D eigenvalue weighted by molar-refractivity contribution is 5.80. The number of aromatic nitrogens is 3. The third-order valence-electron chi connectivity index (χ3n) is 6.94. The van der Waals surface area contributed by atoms with Crippen LogP contribution in [-0.2, 0) is 48.6 Å². The van der Waals surface area contributed by atoms with Crippen LogP contribution in [0.4, 0.5) is 13.2 Å². The number of benzene rings is 3. The van der Waals surface area contributed by atoms with Crippen molar-refractivity contribution in [3.8, 4) is 5.75 Å². The fraction of sp³-hybridized carbons (Fsp3) is 0.344. The zero-order valence-corrected chi connectivity index (χ0v) is 23.9. The van der Waals surface area contributed by atoms with Crippen molar-refractivity contribution in [1.82, 2.24) is 14.3 Å². The van der Waals surface area contributed by atoms with Gasteiger partial charge in [-0.05, 0) is 67.6 Å². The van der Waals surface area contributed by atoms with E-state index in [2.05, 4.69) is 5.10 Å². The lowest BCUT2D eigenvalue weighted by atomic mass is 9.96. The van der Waals surface area contributed by atoms with Crippen LogP contribution in [0, 0.1) is 0 Å². The monoisotopic (exact) mass is 581 g/mol. The number of carbonyl (C=O) groups excluding carboxylic acids is 1. The second-order valence-corrected chi connectivity index (χ2v) is 10.3. The lowest BCUT2D eigenvalue weighted by Crippen LogP contribution is -2.45. The molecule has 1 aromatic heterocycles. The van der Waals surface area contributed by atoms with E-state index >= 15 is 0 Å². The number of halogens is 3. The van der Waals surface area contributed by atoms with Gasteiger partial charge in [-0.2, -0.15) is 18.3 Å². The standard InChI is InChI=1S/C32H34F3N3O4/c1-4-41-29(39)31(2,21-24-10-6-5-7-11-24)42-27-18-16-23(17-19-27)12-9-15-28-36-38(30(40)37(28)3)22-25-13-8-14-26(20-25)32(33,34)35/h5-8,10-11,13-14,16-20H,4,9,12,15,21-22H2,1-3H3. The van der Waals surface area contributed by atoms with Crippen LogP contribution in [0.5, 0.6) is 5.75 Å². The molecule has 0 radical (unpaired) electrons. The van der Waals surface area contributed by atoms with Crippen LogP contribution in [0.1, 0.15) is 48.3 Å². The first kappa shape index (κ1) is 30.6. The Morgan fingerprint density at radius 3 is 2.26 bits per heavy atom. The Hall–Kier alpha value is -4.34. The van der Waals surface area contributed by atoms with Crippen LogP contribution in [0.25, 0.3) is 0 Å². The predicted octanol–water partition coefficient (Wildman–Crippen LogP) is 5.77. The molecule has 3 aromatic carbocycles. The Morgan fingerprint density at radius 2 is 1.60 bits per heavy atom. The lowest BCUT2D eigenvalue weighted by Gasteiger charge is -2.28. The maximum Gasteiger partial charge on any atom is 0.416 e. The number of alkyl halides is 3. The number of carbonyl (C=O) groups is 1. The van der Waals surface area contributed by atoms with E-state index in [0.717, 1.165) is 23.3 Å². The molecule has 0 saturated carbocycles. The van der Waals surface area contributed by atoms with Crippen LogP contribution >= 0.6 is 0 Å². The molecule has 0 aliphatic rings. The van der Waals surface area contributed by atoms with E-state index in [0.29, 0.717) is 42.8 Å². The molecule has 0 aliphatic heterocycles. The molecule has 1 unspecified atom stereocenters. The molecule has 0 saturated heterocycles. The number of hydrogen-bond donors (Lipinski definition) is 0.